The number of fused-ring (bicyclic) bond motifs is 1. The second-order valence-electron chi connectivity index (χ2n) is 7.79. The minimum absolute atomic E-state index is 0.00169. The molecule has 5 rings (SSSR count). The summed E-state index contributed by atoms with van der Waals surface area (Å²) < 4.78 is 63.1. The molecule has 0 unspecified atom stereocenters. The molecule has 3 heterocycles. The van der Waals surface area contributed by atoms with Crippen molar-refractivity contribution < 1.29 is 21.6 Å². The number of hydrogen-bond donors (Lipinski definition) is 0. The topological polar surface area (TPSA) is 94.1 Å². The van der Waals surface area contributed by atoms with Gasteiger partial charge in [0.2, 0.25) is 10.0 Å². The van der Waals surface area contributed by atoms with Gasteiger partial charge in [-0.2, -0.15) is 9.40 Å². The van der Waals surface area contributed by atoms with Gasteiger partial charge in [-0.1, -0.05) is 18.2 Å². The Balaban J connectivity index is 1.52. The van der Waals surface area contributed by atoms with Crippen LogP contribution in [0.5, 0.6) is 0 Å². The summed E-state index contributed by atoms with van der Waals surface area (Å²) in [5, 5.41) is 12.4. The summed E-state index contributed by atoms with van der Waals surface area (Å²) in [4.78, 5) is -0.0731. The number of aromatic nitrogens is 4. The van der Waals surface area contributed by atoms with Crippen LogP contribution in [-0.4, -0.2) is 39.2 Å². The second kappa shape index (κ2) is 7.85. The van der Waals surface area contributed by atoms with Crippen molar-refractivity contribution >= 4 is 10.0 Å². The smallest absolute Gasteiger partial charge is 0.268 e. The molecule has 1 aliphatic rings. The predicted molar refractivity (Wildman–Crippen MR) is 114 cm³/mol. The summed E-state index contributed by atoms with van der Waals surface area (Å²) in [6.45, 7) is 1.85. The molecule has 0 fully saturated rings. The molecule has 0 N–H and O–H groups in total. The van der Waals surface area contributed by atoms with Gasteiger partial charge in [-0.15, -0.1) is 10.2 Å². The Bertz CT molecular complexity index is 1480. The summed E-state index contributed by atoms with van der Waals surface area (Å²) in [6.07, 6.45) is 0.404. The molecule has 1 aliphatic heterocycles. The van der Waals surface area contributed by atoms with Crippen LogP contribution in [0.2, 0.25) is 0 Å². The maximum Gasteiger partial charge on any atom is 0.268 e. The first-order valence-electron chi connectivity index (χ1n) is 10.2. The fourth-order valence-electron chi connectivity index (χ4n) is 4.00. The highest BCUT2D eigenvalue weighted by molar-refractivity contribution is 7.89. The second-order valence-corrected chi connectivity index (χ2v) is 9.69. The molecular formula is C22H19F2N5O3S. The Morgan fingerprint density at radius 3 is 2.61 bits per heavy atom. The Labute approximate surface area is 188 Å². The van der Waals surface area contributed by atoms with Crippen LogP contribution >= 0.6 is 0 Å². The van der Waals surface area contributed by atoms with Crippen molar-refractivity contribution in [2.75, 3.05) is 6.54 Å². The molecule has 0 aliphatic carbocycles. The third kappa shape index (κ3) is 3.62. The third-order valence-corrected chi connectivity index (χ3v) is 7.69. The van der Waals surface area contributed by atoms with Crippen molar-refractivity contribution in [1.82, 2.24) is 24.3 Å². The van der Waals surface area contributed by atoms with E-state index in [0.29, 0.717) is 23.2 Å². The van der Waals surface area contributed by atoms with E-state index in [0.717, 1.165) is 11.8 Å². The van der Waals surface area contributed by atoms with Crippen LogP contribution in [0, 0.1) is 18.6 Å². The Morgan fingerprint density at radius 2 is 1.82 bits per heavy atom. The SMILES string of the molecule is Cc1ccc(F)cc1S(=O)(=O)N1CCc2c(c(-c3nnc(-c4ccccc4F)o3)nn2C)C1. The van der Waals surface area contributed by atoms with Gasteiger partial charge in [-0.3, -0.25) is 4.68 Å². The molecule has 0 bridgehead atoms. The van der Waals surface area contributed by atoms with E-state index in [1.54, 1.807) is 30.8 Å². The summed E-state index contributed by atoms with van der Waals surface area (Å²) in [6, 6.07) is 9.72. The number of nitrogens with zero attached hydrogens (tertiary/aromatic N) is 5. The number of aryl methyl sites for hydroxylation is 2. The molecule has 33 heavy (non-hydrogen) atoms. The first kappa shape index (κ1) is 21.4. The molecule has 0 saturated carbocycles. The van der Waals surface area contributed by atoms with Crippen LogP contribution in [0.3, 0.4) is 0 Å². The quantitative estimate of drug-likeness (QED) is 0.452. The van der Waals surface area contributed by atoms with Gasteiger partial charge in [0, 0.05) is 37.8 Å². The molecule has 11 heteroatoms. The van der Waals surface area contributed by atoms with Crippen molar-refractivity contribution in [2.45, 2.75) is 24.8 Å². The largest absolute Gasteiger partial charge is 0.414 e. The molecule has 2 aromatic carbocycles. The van der Waals surface area contributed by atoms with E-state index in [4.69, 9.17) is 4.42 Å². The monoisotopic (exact) mass is 471 g/mol. The van der Waals surface area contributed by atoms with Crippen LogP contribution in [-0.2, 0) is 30.0 Å². The molecule has 0 radical (unpaired) electrons. The van der Waals surface area contributed by atoms with Gasteiger partial charge >= 0.3 is 0 Å². The molecule has 2 aromatic heterocycles. The minimum Gasteiger partial charge on any atom is -0.414 e. The molecule has 8 nitrogen and oxygen atoms in total. The number of rotatable bonds is 4. The Kier molecular flexibility index (Phi) is 5.09. The number of sulfonamides is 1. The summed E-state index contributed by atoms with van der Waals surface area (Å²) >= 11 is 0. The Hall–Kier alpha value is -3.44. The number of halogens is 2. The average Bonchev–Trinajstić information content (AvgIpc) is 3.40. The molecule has 0 saturated heterocycles. The fourth-order valence-corrected chi connectivity index (χ4v) is 5.64. The van der Waals surface area contributed by atoms with Gasteiger partial charge in [0.15, 0.2) is 5.69 Å². The third-order valence-electron chi connectivity index (χ3n) is 5.71. The van der Waals surface area contributed by atoms with E-state index in [9.17, 15) is 17.2 Å². The van der Waals surface area contributed by atoms with Crippen molar-refractivity contribution in [3.63, 3.8) is 0 Å². The van der Waals surface area contributed by atoms with E-state index < -0.39 is 21.7 Å². The number of benzene rings is 2. The van der Waals surface area contributed by atoms with Crippen LogP contribution in [0.1, 0.15) is 16.8 Å². The van der Waals surface area contributed by atoms with Crippen molar-refractivity contribution in [2.24, 2.45) is 7.05 Å². The van der Waals surface area contributed by atoms with E-state index in [2.05, 4.69) is 15.3 Å². The molecule has 170 valence electrons. The molecule has 0 amide bonds. The molecular weight excluding hydrogens is 452 g/mol. The van der Waals surface area contributed by atoms with Gasteiger partial charge in [-0.05, 0) is 36.8 Å². The predicted octanol–water partition coefficient (Wildman–Crippen LogP) is 3.47. The zero-order valence-electron chi connectivity index (χ0n) is 17.8. The van der Waals surface area contributed by atoms with Gasteiger partial charge in [0.1, 0.15) is 11.6 Å². The van der Waals surface area contributed by atoms with E-state index in [1.165, 1.54) is 28.6 Å². The minimum atomic E-state index is -3.95. The highest BCUT2D eigenvalue weighted by atomic mass is 32.2. The van der Waals surface area contributed by atoms with E-state index >= 15 is 0 Å². The normalized spacial score (nSPS) is 14.4. The standard InChI is InChI=1S/C22H19F2N5O3S/c1-13-7-8-14(23)11-19(13)33(30,31)29-10-9-18-16(12-29)20(27-28(18)2)22-26-25-21(32-22)15-5-3-4-6-17(15)24/h3-8,11H,9-10,12H2,1-2H3. The summed E-state index contributed by atoms with van der Waals surface area (Å²) in [5.74, 6) is -1.06. The van der Waals surface area contributed by atoms with E-state index in [-0.39, 0.29) is 35.3 Å². The maximum atomic E-state index is 14.1. The summed E-state index contributed by atoms with van der Waals surface area (Å²) in [5.41, 5.74) is 2.40. The highest BCUT2D eigenvalue weighted by Gasteiger charge is 2.34. The Morgan fingerprint density at radius 1 is 1.06 bits per heavy atom. The fraction of sp³-hybridized carbons (Fsp3) is 0.227. The first-order valence-corrected chi connectivity index (χ1v) is 11.6. The first-order chi connectivity index (χ1) is 15.8. The van der Waals surface area contributed by atoms with Crippen molar-refractivity contribution in [3.05, 3.63) is 70.9 Å². The van der Waals surface area contributed by atoms with Crippen molar-refractivity contribution in [3.8, 4) is 23.0 Å². The van der Waals surface area contributed by atoms with Gasteiger partial charge in [0.25, 0.3) is 11.8 Å². The lowest BCUT2D eigenvalue weighted by Gasteiger charge is -2.27. The zero-order chi connectivity index (χ0) is 23.3. The van der Waals surface area contributed by atoms with E-state index in [1.807, 2.05) is 0 Å². The lowest BCUT2D eigenvalue weighted by Crippen LogP contribution is -2.36. The van der Waals surface area contributed by atoms with Crippen molar-refractivity contribution in [1.29, 1.82) is 0 Å². The van der Waals surface area contributed by atoms with Gasteiger partial charge < -0.3 is 4.42 Å². The van der Waals surface area contributed by atoms with Crippen LogP contribution < -0.4 is 0 Å². The van der Waals surface area contributed by atoms with Crippen LogP contribution in [0.25, 0.3) is 23.0 Å². The van der Waals surface area contributed by atoms with Gasteiger partial charge in [-0.25, -0.2) is 17.2 Å². The van der Waals surface area contributed by atoms with Gasteiger partial charge in [0.05, 0.1) is 10.5 Å². The number of hydrogen-bond acceptors (Lipinski definition) is 6. The zero-order valence-corrected chi connectivity index (χ0v) is 18.6. The lowest BCUT2D eigenvalue weighted by molar-refractivity contribution is 0.385. The highest BCUT2D eigenvalue weighted by Crippen LogP contribution is 2.33. The van der Waals surface area contributed by atoms with Crippen LogP contribution in [0.15, 0.2) is 51.8 Å². The lowest BCUT2D eigenvalue weighted by atomic mass is 10.1. The molecule has 4 aromatic rings. The molecule has 0 atom stereocenters. The average molecular weight is 471 g/mol. The van der Waals surface area contributed by atoms with Crippen LogP contribution in [0.4, 0.5) is 8.78 Å². The molecule has 0 spiro atoms. The maximum absolute atomic E-state index is 14.1. The summed E-state index contributed by atoms with van der Waals surface area (Å²) in [7, 11) is -2.20.